The Hall–Kier alpha value is -2.64. The van der Waals surface area contributed by atoms with Crippen molar-refractivity contribution in [2.45, 2.75) is 24.2 Å². The number of carbonyl (C=O) groups excluding carboxylic acids is 1. The van der Waals surface area contributed by atoms with Gasteiger partial charge in [-0.15, -0.1) is 6.58 Å². The summed E-state index contributed by atoms with van der Waals surface area (Å²) in [6, 6.07) is 14.9. The largest absolute Gasteiger partial charge is 0.352 e. The second-order valence-electron chi connectivity index (χ2n) is 7.34. The minimum absolute atomic E-state index is 0.138. The third kappa shape index (κ3) is 5.49. The molecule has 0 radical (unpaired) electrons. The van der Waals surface area contributed by atoms with Gasteiger partial charge in [0.15, 0.2) is 0 Å². The van der Waals surface area contributed by atoms with Crippen LogP contribution >= 0.6 is 0 Å². The summed E-state index contributed by atoms with van der Waals surface area (Å²) >= 11 is 0. The molecule has 0 unspecified atom stereocenters. The van der Waals surface area contributed by atoms with Crippen molar-refractivity contribution in [1.29, 1.82) is 0 Å². The van der Waals surface area contributed by atoms with Crippen LogP contribution in [0.2, 0.25) is 0 Å². The minimum atomic E-state index is -3.72. The van der Waals surface area contributed by atoms with Gasteiger partial charge in [-0.3, -0.25) is 9.10 Å². The molecule has 0 aromatic heterocycles. The average Bonchev–Trinajstić information content (AvgIpc) is 3.29. The Kier molecular flexibility index (Phi) is 7.65. The first-order chi connectivity index (χ1) is 14.5. The molecule has 1 N–H and O–H groups in total. The summed E-state index contributed by atoms with van der Waals surface area (Å²) in [4.78, 5) is 15.0. The highest BCUT2D eigenvalue weighted by Crippen LogP contribution is 2.24. The predicted octanol–water partition coefficient (Wildman–Crippen LogP) is 3.28. The molecule has 0 saturated carbocycles. The van der Waals surface area contributed by atoms with Crippen LogP contribution in [-0.2, 0) is 10.0 Å². The molecular formula is C23H29N3O3S. The number of benzene rings is 2. The lowest BCUT2D eigenvalue weighted by Gasteiger charge is -2.23. The maximum atomic E-state index is 13.0. The summed E-state index contributed by atoms with van der Waals surface area (Å²) in [6.07, 6.45) is 5.00. The Morgan fingerprint density at radius 3 is 2.37 bits per heavy atom. The molecule has 1 aliphatic rings. The first kappa shape index (κ1) is 22.1. The summed E-state index contributed by atoms with van der Waals surface area (Å²) in [5, 5.41) is 2.94. The quantitative estimate of drug-likeness (QED) is 0.467. The van der Waals surface area contributed by atoms with E-state index in [1.807, 2.05) is 0 Å². The van der Waals surface area contributed by atoms with E-state index in [1.165, 1.54) is 17.1 Å². The second kappa shape index (κ2) is 10.4. The lowest BCUT2D eigenvalue weighted by Crippen LogP contribution is -2.31. The number of rotatable bonds is 10. The molecule has 1 fully saturated rings. The van der Waals surface area contributed by atoms with Gasteiger partial charge in [0.05, 0.1) is 17.1 Å². The highest BCUT2D eigenvalue weighted by atomic mass is 32.2. The Labute approximate surface area is 179 Å². The monoisotopic (exact) mass is 427 g/mol. The van der Waals surface area contributed by atoms with Crippen LogP contribution in [0.15, 0.2) is 72.1 Å². The Balaban J connectivity index is 1.63. The van der Waals surface area contributed by atoms with Crippen LogP contribution in [0.3, 0.4) is 0 Å². The van der Waals surface area contributed by atoms with Gasteiger partial charge in [-0.1, -0.05) is 24.3 Å². The fourth-order valence-corrected chi connectivity index (χ4v) is 5.03. The first-order valence-electron chi connectivity index (χ1n) is 10.3. The number of amides is 1. The van der Waals surface area contributed by atoms with Gasteiger partial charge < -0.3 is 10.2 Å². The summed E-state index contributed by atoms with van der Waals surface area (Å²) in [5.74, 6) is -0.149. The van der Waals surface area contributed by atoms with Gasteiger partial charge in [-0.05, 0) is 75.3 Å². The maximum absolute atomic E-state index is 13.0. The Bertz CT molecular complexity index is 937. The van der Waals surface area contributed by atoms with E-state index in [2.05, 4.69) is 16.8 Å². The lowest BCUT2D eigenvalue weighted by atomic mass is 10.2. The fraction of sp³-hybridized carbons (Fsp3) is 0.348. The van der Waals surface area contributed by atoms with Crippen LogP contribution < -0.4 is 9.62 Å². The smallest absolute Gasteiger partial charge is 0.264 e. The molecule has 1 aliphatic heterocycles. The molecule has 6 nitrogen and oxygen atoms in total. The van der Waals surface area contributed by atoms with E-state index in [9.17, 15) is 13.2 Å². The van der Waals surface area contributed by atoms with Crippen molar-refractivity contribution in [3.8, 4) is 0 Å². The van der Waals surface area contributed by atoms with Gasteiger partial charge in [0.2, 0.25) is 0 Å². The Morgan fingerprint density at radius 1 is 1.07 bits per heavy atom. The highest BCUT2D eigenvalue weighted by molar-refractivity contribution is 7.92. The standard InChI is InChI=1S/C23H29N3O3S/c1-2-16-26(30(28,29)22-9-4-3-5-10-22)21-13-11-20(12-14-21)23(27)24-15-8-19-25-17-6-7-18-25/h2-5,9-14H,1,6-8,15-19H2,(H,24,27). The number of hydrogen-bond donors (Lipinski definition) is 1. The number of likely N-dealkylation sites (tertiary alicyclic amines) is 1. The van der Waals surface area contributed by atoms with E-state index in [0.717, 1.165) is 26.1 Å². The summed E-state index contributed by atoms with van der Waals surface area (Å²) in [6.45, 7) is 7.76. The van der Waals surface area contributed by atoms with Crippen LogP contribution in [-0.4, -0.2) is 51.9 Å². The van der Waals surface area contributed by atoms with Crippen molar-refractivity contribution in [3.05, 3.63) is 72.8 Å². The molecule has 160 valence electrons. The van der Waals surface area contributed by atoms with E-state index in [-0.39, 0.29) is 17.3 Å². The molecule has 0 bridgehead atoms. The number of nitrogens with zero attached hydrogens (tertiary/aromatic N) is 2. The molecule has 30 heavy (non-hydrogen) atoms. The van der Waals surface area contributed by atoms with E-state index >= 15 is 0 Å². The molecule has 0 atom stereocenters. The molecule has 2 aromatic rings. The van der Waals surface area contributed by atoms with Crippen LogP contribution in [0.1, 0.15) is 29.6 Å². The molecule has 7 heteroatoms. The average molecular weight is 428 g/mol. The van der Waals surface area contributed by atoms with Gasteiger partial charge in [0, 0.05) is 12.1 Å². The summed E-state index contributed by atoms with van der Waals surface area (Å²) in [5.41, 5.74) is 1.000. The SMILES string of the molecule is C=CCN(c1ccc(C(=O)NCCCN2CCCC2)cc1)S(=O)(=O)c1ccccc1. The van der Waals surface area contributed by atoms with Gasteiger partial charge in [0.1, 0.15) is 0 Å². The fourth-order valence-electron chi connectivity index (χ4n) is 3.57. The Morgan fingerprint density at radius 2 is 1.73 bits per heavy atom. The van der Waals surface area contributed by atoms with E-state index in [0.29, 0.717) is 17.8 Å². The molecule has 0 aliphatic carbocycles. The normalized spacial score (nSPS) is 14.4. The zero-order valence-electron chi connectivity index (χ0n) is 17.2. The van der Waals surface area contributed by atoms with E-state index < -0.39 is 10.0 Å². The van der Waals surface area contributed by atoms with E-state index in [4.69, 9.17) is 0 Å². The van der Waals surface area contributed by atoms with Gasteiger partial charge in [0.25, 0.3) is 15.9 Å². The topological polar surface area (TPSA) is 69.7 Å². The van der Waals surface area contributed by atoms with Crippen molar-refractivity contribution in [2.75, 3.05) is 37.0 Å². The molecule has 1 heterocycles. The van der Waals surface area contributed by atoms with Crippen LogP contribution in [0.5, 0.6) is 0 Å². The number of hydrogen-bond acceptors (Lipinski definition) is 4. The number of sulfonamides is 1. The minimum Gasteiger partial charge on any atom is -0.352 e. The molecule has 1 saturated heterocycles. The number of carbonyl (C=O) groups is 1. The van der Waals surface area contributed by atoms with Crippen molar-refractivity contribution in [1.82, 2.24) is 10.2 Å². The van der Waals surface area contributed by atoms with Crippen molar-refractivity contribution < 1.29 is 13.2 Å². The third-order valence-electron chi connectivity index (χ3n) is 5.18. The van der Waals surface area contributed by atoms with Gasteiger partial charge in [-0.25, -0.2) is 8.42 Å². The molecule has 0 spiro atoms. The van der Waals surface area contributed by atoms with Crippen molar-refractivity contribution in [3.63, 3.8) is 0 Å². The number of nitrogens with one attached hydrogen (secondary N) is 1. The van der Waals surface area contributed by atoms with Gasteiger partial charge >= 0.3 is 0 Å². The lowest BCUT2D eigenvalue weighted by molar-refractivity contribution is 0.0952. The zero-order valence-corrected chi connectivity index (χ0v) is 18.0. The zero-order chi connectivity index (χ0) is 21.4. The van der Waals surface area contributed by atoms with Crippen molar-refractivity contribution >= 4 is 21.6 Å². The third-order valence-corrected chi connectivity index (χ3v) is 6.99. The summed E-state index contributed by atoms with van der Waals surface area (Å²) < 4.78 is 27.3. The molecule has 2 aromatic carbocycles. The predicted molar refractivity (Wildman–Crippen MR) is 120 cm³/mol. The van der Waals surface area contributed by atoms with E-state index in [1.54, 1.807) is 60.7 Å². The van der Waals surface area contributed by atoms with Crippen molar-refractivity contribution in [2.24, 2.45) is 0 Å². The second-order valence-corrected chi connectivity index (χ2v) is 9.21. The first-order valence-corrected chi connectivity index (χ1v) is 11.8. The van der Waals surface area contributed by atoms with Crippen LogP contribution in [0, 0.1) is 0 Å². The van der Waals surface area contributed by atoms with Crippen LogP contribution in [0.4, 0.5) is 5.69 Å². The van der Waals surface area contributed by atoms with Crippen LogP contribution in [0.25, 0.3) is 0 Å². The summed E-state index contributed by atoms with van der Waals surface area (Å²) in [7, 11) is -3.72. The molecule has 3 rings (SSSR count). The highest BCUT2D eigenvalue weighted by Gasteiger charge is 2.24. The molecular weight excluding hydrogens is 398 g/mol. The van der Waals surface area contributed by atoms with Gasteiger partial charge in [-0.2, -0.15) is 0 Å². The number of anilines is 1. The maximum Gasteiger partial charge on any atom is 0.264 e. The molecule has 1 amide bonds.